The van der Waals surface area contributed by atoms with Gasteiger partial charge >= 0.3 is 0 Å². The number of benzene rings is 2. The monoisotopic (exact) mass is 425 g/mol. The Morgan fingerprint density at radius 1 is 0.933 bits per heavy atom. The van der Waals surface area contributed by atoms with Crippen molar-refractivity contribution in [3.8, 4) is 5.75 Å². The topological polar surface area (TPSA) is 97.4 Å². The van der Waals surface area contributed by atoms with Gasteiger partial charge in [-0.05, 0) is 47.9 Å². The molecule has 1 aromatic heterocycles. The van der Waals surface area contributed by atoms with Gasteiger partial charge in [0.2, 0.25) is 10.0 Å². The standard InChI is InChI=1S/C22H23N3O4S/c26-22(24-16-19-7-4-13-23-15-19)17-29-20-8-10-21(11-9-20)30(27,28)25-14-12-18-5-2-1-3-6-18/h1-11,13,15,25H,12,14,16-17H2,(H,24,26). The quantitative estimate of drug-likeness (QED) is 0.520. The fraction of sp³-hybridized carbons (Fsp3) is 0.182. The Kier molecular flexibility index (Phi) is 7.53. The number of hydrogen-bond acceptors (Lipinski definition) is 5. The number of nitrogens with zero attached hydrogens (tertiary/aromatic N) is 1. The molecule has 1 heterocycles. The van der Waals surface area contributed by atoms with Gasteiger partial charge in [-0.3, -0.25) is 9.78 Å². The van der Waals surface area contributed by atoms with E-state index in [-0.39, 0.29) is 17.4 Å². The van der Waals surface area contributed by atoms with E-state index >= 15 is 0 Å². The molecule has 30 heavy (non-hydrogen) atoms. The Hall–Kier alpha value is -3.23. The first kappa shape index (κ1) is 21.5. The molecule has 2 N–H and O–H groups in total. The average molecular weight is 426 g/mol. The molecule has 0 fully saturated rings. The van der Waals surface area contributed by atoms with Gasteiger partial charge in [0, 0.05) is 25.5 Å². The van der Waals surface area contributed by atoms with Gasteiger partial charge in [-0.1, -0.05) is 36.4 Å². The van der Waals surface area contributed by atoms with Crippen LogP contribution in [-0.2, 0) is 27.8 Å². The summed E-state index contributed by atoms with van der Waals surface area (Å²) in [6, 6.07) is 19.3. The third-order valence-corrected chi connectivity index (χ3v) is 5.74. The molecule has 0 atom stereocenters. The van der Waals surface area contributed by atoms with Crippen molar-refractivity contribution in [3.05, 3.63) is 90.3 Å². The first-order valence-electron chi connectivity index (χ1n) is 9.45. The van der Waals surface area contributed by atoms with Gasteiger partial charge in [-0.15, -0.1) is 0 Å². The van der Waals surface area contributed by atoms with Crippen LogP contribution in [0, 0.1) is 0 Å². The summed E-state index contributed by atoms with van der Waals surface area (Å²) in [4.78, 5) is 16.0. The first-order valence-corrected chi connectivity index (χ1v) is 10.9. The predicted octanol–water partition coefficient (Wildman–Crippen LogP) is 2.30. The first-order chi connectivity index (χ1) is 14.5. The molecule has 0 aliphatic heterocycles. The average Bonchev–Trinajstić information content (AvgIpc) is 2.78. The van der Waals surface area contributed by atoms with Crippen LogP contribution < -0.4 is 14.8 Å². The van der Waals surface area contributed by atoms with Crippen LogP contribution in [0.5, 0.6) is 5.75 Å². The number of carbonyl (C=O) groups is 1. The molecule has 8 heteroatoms. The summed E-state index contributed by atoms with van der Waals surface area (Å²) in [6.07, 6.45) is 3.95. The smallest absolute Gasteiger partial charge is 0.258 e. The van der Waals surface area contributed by atoms with Crippen LogP contribution >= 0.6 is 0 Å². The highest BCUT2D eigenvalue weighted by molar-refractivity contribution is 7.89. The molecule has 0 aliphatic carbocycles. The summed E-state index contributed by atoms with van der Waals surface area (Å²) >= 11 is 0. The normalized spacial score (nSPS) is 11.1. The zero-order chi connectivity index (χ0) is 21.2. The number of rotatable bonds is 10. The minimum absolute atomic E-state index is 0.143. The van der Waals surface area contributed by atoms with E-state index in [1.54, 1.807) is 18.5 Å². The molecule has 0 spiro atoms. The SMILES string of the molecule is O=C(COc1ccc(S(=O)(=O)NCCc2ccccc2)cc1)NCc1cccnc1. The van der Waals surface area contributed by atoms with E-state index in [1.165, 1.54) is 24.3 Å². The highest BCUT2D eigenvalue weighted by Gasteiger charge is 2.13. The van der Waals surface area contributed by atoms with Gasteiger partial charge in [0.05, 0.1) is 4.90 Å². The van der Waals surface area contributed by atoms with Crippen molar-refractivity contribution >= 4 is 15.9 Å². The second-order valence-electron chi connectivity index (χ2n) is 6.53. The summed E-state index contributed by atoms with van der Waals surface area (Å²) in [6.45, 7) is 0.505. The van der Waals surface area contributed by atoms with Crippen LogP contribution in [0.15, 0.2) is 84.0 Å². The van der Waals surface area contributed by atoms with E-state index < -0.39 is 10.0 Å². The second-order valence-corrected chi connectivity index (χ2v) is 8.30. The molecule has 3 rings (SSSR count). The minimum atomic E-state index is -3.61. The molecule has 3 aromatic rings. The van der Waals surface area contributed by atoms with Crippen LogP contribution in [0.2, 0.25) is 0 Å². The molecular weight excluding hydrogens is 402 g/mol. The van der Waals surface area contributed by atoms with Gasteiger partial charge in [0.25, 0.3) is 5.91 Å². The lowest BCUT2D eigenvalue weighted by Crippen LogP contribution is -2.28. The molecule has 0 saturated carbocycles. The number of hydrogen-bond donors (Lipinski definition) is 2. The summed E-state index contributed by atoms with van der Waals surface area (Å²) in [7, 11) is -3.61. The van der Waals surface area contributed by atoms with Crippen molar-refractivity contribution in [1.82, 2.24) is 15.0 Å². The molecular formula is C22H23N3O4S. The summed E-state index contributed by atoms with van der Waals surface area (Å²) < 4.78 is 32.8. The maximum atomic E-state index is 12.4. The maximum Gasteiger partial charge on any atom is 0.258 e. The Balaban J connectivity index is 1.44. The molecule has 0 saturated heterocycles. The highest BCUT2D eigenvalue weighted by Crippen LogP contribution is 2.16. The number of sulfonamides is 1. The molecule has 0 aliphatic rings. The Morgan fingerprint density at radius 3 is 2.37 bits per heavy atom. The summed E-state index contributed by atoms with van der Waals surface area (Å²) in [5, 5.41) is 2.73. The van der Waals surface area contributed by atoms with Crippen molar-refractivity contribution in [3.63, 3.8) is 0 Å². The fourth-order valence-electron chi connectivity index (χ4n) is 2.68. The van der Waals surface area contributed by atoms with Crippen molar-refractivity contribution in [1.29, 1.82) is 0 Å². The second kappa shape index (κ2) is 10.5. The van der Waals surface area contributed by atoms with Gasteiger partial charge in [-0.2, -0.15) is 0 Å². The van der Waals surface area contributed by atoms with E-state index in [9.17, 15) is 13.2 Å². The van der Waals surface area contributed by atoms with Crippen molar-refractivity contribution in [2.24, 2.45) is 0 Å². The third kappa shape index (κ3) is 6.68. The van der Waals surface area contributed by atoms with Crippen molar-refractivity contribution in [2.45, 2.75) is 17.9 Å². The van der Waals surface area contributed by atoms with E-state index in [0.717, 1.165) is 11.1 Å². The zero-order valence-corrected chi connectivity index (χ0v) is 17.1. The number of nitrogens with one attached hydrogen (secondary N) is 2. The molecule has 156 valence electrons. The maximum absolute atomic E-state index is 12.4. The number of amides is 1. The van der Waals surface area contributed by atoms with Gasteiger partial charge in [-0.25, -0.2) is 13.1 Å². The zero-order valence-electron chi connectivity index (χ0n) is 16.3. The number of ether oxygens (including phenoxy) is 1. The molecule has 1 amide bonds. The van der Waals surface area contributed by atoms with Crippen LogP contribution in [0.3, 0.4) is 0 Å². The number of pyridine rings is 1. The van der Waals surface area contributed by atoms with E-state index in [4.69, 9.17) is 4.74 Å². The number of carbonyl (C=O) groups excluding carboxylic acids is 1. The predicted molar refractivity (Wildman–Crippen MR) is 113 cm³/mol. The number of aromatic nitrogens is 1. The van der Waals surface area contributed by atoms with Crippen LogP contribution in [-0.4, -0.2) is 32.5 Å². The molecule has 0 radical (unpaired) electrons. The lowest BCUT2D eigenvalue weighted by atomic mass is 10.2. The van der Waals surface area contributed by atoms with E-state index in [0.29, 0.717) is 25.3 Å². The molecule has 0 bridgehead atoms. The Morgan fingerprint density at radius 2 is 1.67 bits per heavy atom. The molecule has 2 aromatic carbocycles. The van der Waals surface area contributed by atoms with Gasteiger partial charge in [0.1, 0.15) is 5.75 Å². The van der Waals surface area contributed by atoms with Crippen molar-refractivity contribution in [2.75, 3.05) is 13.2 Å². The van der Waals surface area contributed by atoms with E-state index in [1.807, 2.05) is 36.4 Å². The molecule has 7 nitrogen and oxygen atoms in total. The minimum Gasteiger partial charge on any atom is -0.484 e. The molecule has 0 unspecified atom stereocenters. The highest BCUT2D eigenvalue weighted by atomic mass is 32.2. The van der Waals surface area contributed by atoms with Crippen LogP contribution in [0.4, 0.5) is 0 Å². The summed E-state index contributed by atoms with van der Waals surface area (Å²) in [5.41, 5.74) is 1.95. The lowest BCUT2D eigenvalue weighted by Gasteiger charge is -2.09. The van der Waals surface area contributed by atoms with Crippen LogP contribution in [0.1, 0.15) is 11.1 Å². The van der Waals surface area contributed by atoms with Crippen LogP contribution in [0.25, 0.3) is 0 Å². The van der Waals surface area contributed by atoms with Gasteiger partial charge in [0.15, 0.2) is 6.61 Å². The van der Waals surface area contributed by atoms with Crippen molar-refractivity contribution < 1.29 is 17.9 Å². The van der Waals surface area contributed by atoms with Gasteiger partial charge < -0.3 is 10.1 Å². The Labute approximate surface area is 176 Å². The van der Waals surface area contributed by atoms with E-state index in [2.05, 4.69) is 15.0 Å². The Bertz CT molecular complexity index is 1040. The fourth-order valence-corrected chi connectivity index (χ4v) is 3.71. The lowest BCUT2D eigenvalue weighted by molar-refractivity contribution is -0.123. The third-order valence-electron chi connectivity index (χ3n) is 4.27. The summed E-state index contributed by atoms with van der Waals surface area (Å²) in [5.74, 6) is 0.132. The largest absolute Gasteiger partial charge is 0.484 e.